The summed E-state index contributed by atoms with van der Waals surface area (Å²) in [6.45, 7) is 4.11. The average Bonchev–Trinajstić information content (AvgIpc) is 2.89. The van der Waals surface area contributed by atoms with Gasteiger partial charge in [-0.2, -0.15) is 5.10 Å². The lowest BCUT2D eigenvalue weighted by Gasteiger charge is -2.27. The Balaban J connectivity index is 1.69. The van der Waals surface area contributed by atoms with Crippen molar-refractivity contribution in [3.63, 3.8) is 0 Å². The Morgan fingerprint density at radius 3 is 2.34 bits per heavy atom. The van der Waals surface area contributed by atoms with Crippen molar-refractivity contribution in [2.45, 2.75) is 26.5 Å². The first-order valence-electron chi connectivity index (χ1n) is 11.7. The largest absolute Gasteiger partial charge is 0.497 e. The summed E-state index contributed by atoms with van der Waals surface area (Å²) in [5, 5.41) is 4.66. The molecule has 0 fully saturated rings. The predicted octanol–water partition coefficient (Wildman–Crippen LogP) is 4.63. The van der Waals surface area contributed by atoms with Crippen LogP contribution in [0.3, 0.4) is 0 Å². The molecule has 0 aliphatic heterocycles. The van der Waals surface area contributed by atoms with E-state index in [9.17, 15) is 13.2 Å². The van der Waals surface area contributed by atoms with E-state index in [1.54, 1.807) is 54.6 Å². The molecule has 0 aliphatic carbocycles. The molecule has 3 aromatic rings. The fourth-order valence-corrected chi connectivity index (χ4v) is 4.84. The molecule has 1 amide bonds. The van der Waals surface area contributed by atoms with E-state index >= 15 is 0 Å². The normalized spacial score (nSPS) is 12.1. The van der Waals surface area contributed by atoms with Crippen molar-refractivity contribution in [2.24, 2.45) is 5.10 Å². The summed E-state index contributed by atoms with van der Waals surface area (Å²) in [6.07, 6.45) is 2.48. The van der Waals surface area contributed by atoms with E-state index in [1.807, 2.05) is 19.1 Å². The number of rotatable bonds is 12. The second-order valence-corrected chi connectivity index (χ2v) is 10.5. The van der Waals surface area contributed by atoms with Crippen LogP contribution in [-0.4, -0.2) is 46.6 Å². The number of halogens is 1. The minimum absolute atomic E-state index is 0.329. The average molecular weight is 560 g/mol. The minimum Gasteiger partial charge on any atom is -0.497 e. The maximum atomic E-state index is 12.8. The van der Waals surface area contributed by atoms with Gasteiger partial charge < -0.3 is 14.2 Å². The first kappa shape index (κ1) is 28.8. The van der Waals surface area contributed by atoms with Crippen molar-refractivity contribution in [1.82, 2.24) is 5.43 Å². The van der Waals surface area contributed by atoms with Gasteiger partial charge in [0.15, 0.2) is 11.5 Å². The number of ether oxygens (including phenoxy) is 3. The number of amides is 1. The van der Waals surface area contributed by atoms with E-state index in [-0.39, 0.29) is 0 Å². The molecule has 0 saturated carbocycles. The summed E-state index contributed by atoms with van der Waals surface area (Å²) in [5.74, 6) is 1.04. The monoisotopic (exact) mass is 559 g/mol. The third-order valence-electron chi connectivity index (χ3n) is 5.38. The van der Waals surface area contributed by atoms with Crippen LogP contribution < -0.4 is 23.9 Å². The van der Waals surface area contributed by atoms with E-state index in [0.717, 1.165) is 16.1 Å². The highest BCUT2D eigenvalue weighted by Crippen LogP contribution is 2.29. The number of carbonyl (C=O) groups excluding carboxylic acids is 1. The Hall–Kier alpha value is -3.76. The van der Waals surface area contributed by atoms with Crippen LogP contribution in [0.4, 0.5) is 5.69 Å². The molecule has 9 nitrogen and oxygen atoms in total. The Labute approximate surface area is 228 Å². The minimum atomic E-state index is -3.76. The molecule has 202 valence electrons. The first-order chi connectivity index (χ1) is 18.1. The van der Waals surface area contributed by atoms with Crippen molar-refractivity contribution in [3.05, 3.63) is 82.9 Å². The van der Waals surface area contributed by atoms with Crippen LogP contribution in [-0.2, 0) is 21.4 Å². The second kappa shape index (κ2) is 13.2. The third kappa shape index (κ3) is 7.87. The number of hydrazone groups is 1. The van der Waals surface area contributed by atoms with Crippen LogP contribution in [0, 0.1) is 0 Å². The van der Waals surface area contributed by atoms with Gasteiger partial charge in [0.05, 0.1) is 31.9 Å². The van der Waals surface area contributed by atoms with Gasteiger partial charge in [0.2, 0.25) is 10.0 Å². The van der Waals surface area contributed by atoms with Gasteiger partial charge in [-0.15, -0.1) is 0 Å². The highest BCUT2D eigenvalue weighted by atomic mass is 35.5. The van der Waals surface area contributed by atoms with E-state index < -0.39 is 22.0 Å². The fourth-order valence-electron chi connectivity index (χ4n) is 3.54. The Morgan fingerprint density at radius 2 is 1.74 bits per heavy atom. The molecule has 3 rings (SSSR count). The zero-order valence-corrected chi connectivity index (χ0v) is 23.1. The van der Waals surface area contributed by atoms with Gasteiger partial charge in [-0.1, -0.05) is 23.7 Å². The third-order valence-corrected chi connectivity index (χ3v) is 6.87. The molecule has 0 aromatic heterocycles. The molecule has 3 aromatic carbocycles. The summed E-state index contributed by atoms with van der Waals surface area (Å²) >= 11 is 5.93. The summed E-state index contributed by atoms with van der Waals surface area (Å²) in [7, 11) is -2.25. The van der Waals surface area contributed by atoms with Crippen molar-refractivity contribution < 1.29 is 27.4 Å². The molecule has 1 N–H and O–H groups in total. The molecule has 0 radical (unpaired) electrons. The van der Waals surface area contributed by atoms with Gasteiger partial charge >= 0.3 is 0 Å². The molecule has 1 unspecified atom stereocenters. The Kier molecular flexibility index (Phi) is 9.98. The van der Waals surface area contributed by atoms with Gasteiger partial charge in [-0.25, -0.2) is 13.8 Å². The highest BCUT2D eigenvalue weighted by molar-refractivity contribution is 7.92. The second-order valence-electron chi connectivity index (χ2n) is 8.22. The number of hydrogen-bond acceptors (Lipinski definition) is 7. The summed E-state index contributed by atoms with van der Waals surface area (Å²) in [5.41, 5.74) is 4.34. The number of sulfonamides is 1. The quantitative estimate of drug-likeness (QED) is 0.256. The van der Waals surface area contributed by atoms with Crippen LogP contribution in [0.5, 0.6) is 17.2 Å². The van der Waals surface area contributed by atoms with Crippen molar-refractivity contribution in [3.8, 4) is 17.2 Å². The van der Waals surface area contributed by atoms with Crippen LogP contribution in [0.25, 0.3) is 0 Å². The lowest BCUT2D eigenvalue weighted by Crippen LogP contribution is -2.46. The Bertz CT molecular complexity index is 1360. The van der Waals surface area contributed by atoms with Gasteiger partial charge in [-0.05, 0) is 79.6 Å². The molecule has 0 bridgehead atoms. The number of carbonyl (C=O) groups is 1. The van der Waals surface area contributed by atoms with Gasteiger partial charge in [0.25, 0.3) is 5.91 Å². The SMILES string of the molecule is CCOc1cc(C=NNC(=O)C(C)N(c2ccc(OC)cc2)S(C)(=O)=O)ccc1OCc1ccc(Cl)cc1. The topological polar surface area (TPSA) is 107 Å². The molecule has 1 atom stereocenters. The number of benzene rings is 3. The van der Waals surface area contributed by atoms with Crippen LogP contribution >= 0.6 is 11.6 Å². The lowest BCUT2D eigenvalue weighted by molar-refractivity contribution is -0.121. The zero-order valence-electron chi connectivity index (χ0n) is 21.5. The maximum absolute atomic E-state index is 12.8. The smallest absolute Gasteiger partial charge is 0.263 e. The first-order valence-corrected chi connectivity index (χ1v) is 14.0. The summed E-state index contributed by atoms with van der Waals surface area (Å²) < 4.78 is 42.7. The number of nitrogens with zero attached hydrogens (tertiary/aromatic N) is 2. The number of hydrogen-bond donors (Lipinski definition) is 1. The molecular formula is C27H30ClN3O6S. The Morgan fingerprint density at radius 1 is 1.05 bits per heavy atom. The molecule has 11 heteroatoms. The number of anilines is 1. The summed E-state index contributed by atoms with van der Waals surface area (Å²) in [4.78, 5) is 12.8. The van der Waals surface area contributed by atoms with Crippen LogP contribution in [0.1, 0.15) is 25.0 Å². The molecule has 0 aliphatic rings. The fraction of sp³-hybridized carbons (Fsp3) is 0.259. The zero-order chi connectivity index (χ0) is 27.7. The molecule has 0 heterocycles. The van der Waals surface area contributed by atoms with Gasteiger partial charge in [-0.3, -0.25) is 9.10 Å². The molecule has 0 spiro atoms. The van der Waals surface area contributed by atoms with E-state index in [0.29, 0.717) is 46.7 Å². The molecule has 0 saturated heterocycles. The van der Waals surface area contributed by atoms with Crippen LogP contribution in [0.15, 0.2) is 71.8 Å². The standard InChI is InChI=1S/C27H30ClN3O6S/c1-5-36-26-16-21(8-15-25(26)37-18-20-6-9-22(28)10-7-20)17-29-30-27(32)19(2)31(38(4,33)34)23-11-13-24(35-3)14-12-23/h6-17,19H,5,18H2,1-4H3,(H,30,32). The van der Waals surface area contributed by atoms with Crippen molar-refractivity contribution in [2.75, 3.05) is 24.3 Å². The van der Waals surface area contributed by atoms with Crippen LogP contribution in [0.2, 0.25) is 5.02 Å². The van der Waals surface area contributed by atoms with E-state index in [2.05, 4.69) is 10.5 Å². The molecular weight excluding hydrogens is 530 g/mol. The highest BCUT2D eigenvalue weighted by Gasteiger charge is 2.29. The number of nitrogens with one attached hydrogen (secondary N) is 1. The van der Waals surface area contributed by atoms with Crippen molar-refractivity contribution >= 4 is 39.4 Å². The van der Waals surface area contributed by atoms with E-state index in [1.165, 1.54) is 20.2 Å². The maximum Gasteiger partial charge on any atom is 0.263 e. The van der Waals surface area contributed by atoms with E-state index in [4.69, 9.17) is 25.8 Å². The summed E-state index contributed by atoms with van der Waals surface area (Å²) in [6, 6.07) is 17.9. The lowest BCUT2D eigenvalue weighted by atomic mass is 10.2. The predicted molar refractivity (Wildman–Crippen MR) is 149 cm³/mol. The molecule has 38 heavy (non-hydrogen) atoms. The number of methoxy groups -OCH3 is 1. The van der Waals surface area contributed by atoms with Gasteiger partial charge in [0.1, 0.15) is 18.4 Å². The van der Waals surface area contributed by atoms with Crippen molar-refractivity contribution in [1.29, 1.82) is 0 Å². The van der Waals surface area contributed by atoms with Gasteiger partial charge in [0, 0.05) is 5.02 Å².